The van der Waals surface area contributed by atoms with E-state index in [1.54, 1.807) is 0 Å². The van der Waals surface area contributed by atoms with Crippen LogP contribution in [0.1, 0.15) is 63.0 Å². The molecule has 0 spiro atoms. The monoisotopic (exact) mass is 288 g/mol. The maximum atomic E-state index is 11.9. The van der Waals surface area contributed by atoms with Crippen molar-refractivity contribution in [2.75, 3.05) is 11.9 Å². The average molecular weight is 288 g/mol. The summed E-state index contributed by atoms with van der Waals surface area (Å²) in [5.41, 5.74) is 3.66. The highest BCUT2D eigenvalue weighted by Gasteiger charge is 2.10. The summed E-state index contributed by atoms with van der Waals surface area (Å²) in [5.74, 6) is 0.147. The first-order valence-corrected chi connectivity index (χ1v) is 8.42. The molecule has 0 bridgehead atoms. The number of hydrogen-bond donors (Lipinski definition) is 2. The number of carbonyl (C=O) groups excluding carboxylic acids is 1. The van der Waals surface area contributed by atoms with Crippen LogP contribution in [-0.2, 0) is 17.8 Å². The van der Waals surface area contributed by atoms with Gasteiger partial charge < -0.3 is 10.6 Å². The van der Waals surface area contributed by atoms with Crippen LogP contribution in [0.15, 0.2) is 18.2 Å². The van der Waals surface area contributed by atoms with Crippen LogP contribution >= 0.6 is 0 Å². The lowest BCUT2D eigenvalue weighted by atomic mass is 10.0. The molecule has 0 unspecified atom stereocenters. The fourth-order valence-corrected chi connectivity index (χ4v) is 2.85. The standard InChI is InChI=1S/C18H28N2O/c1-2-3-4-5-6-7-8-18(21)20-17-10-9-15-11-12-19-14-16(15)13-17/h9-10,13,19H,2-8,11-12,14H2,1H3,(H,20,21). The zero-order valence-electron chi connectivity index (χ0n) is 13.2. The Morgan fingerprint density at radius 2 is 1.95 bits per heavy atom. The van der Waals surface area contributed by atoms with E-state index in [4.69, 9.17) is 0 Å². The van der Waals surface area contributed by atoms with Crippen molar-refractivity contribution in [3.63, 3.8) is 0 Å². The van der Waals surface area contributed by atoms with Gasteiger partial charge in [-0.05, 0) is 42.6 Å². The zero-order chi connectivity index (χ0) is 14.9. The summed E-state index contributed by atoms with van der Waals surface area (Å²) in [6, 6.07) is 6.29. The van der Waals surface area contributed by atoms with Gasteiger partial charge in [-0.1, -0.05) is 45.1 Å². The van der Waals surface area contributed by atoms with Crippen LogP contribution < -0.4 is 10.6 Å². The maximum Gasteiger partial charge on any atom is 0.224 e. The molecule has 0 aromatic heterocycles. The molecule has 1 aromatic carbocycles. The second-order valence-corrected chi connectivity index (χ2v) is 5.98. The fourth-order valence-electron chi connectivity index (χ4n) is 2.85. The summed E-state index contributed by atoms with van der Waals surface area (Å²) < 4.78 is 0. The lowest BCUT2D eigenvalue weighted by molar-refractivity contribution is -0.116. The molecule has 3 heteroatoms. The number of unbranched alkanes of at least 4 members (excludes halogenated alkanes) is 5. The first kappa shape index (κ1) is 16.0. The number of rotatable bonds is 8. The summed E-state index contributed by atoms with van der Waals surface area (Å²) in [5, 5.41) is 6.39. The summed E-state index contributed by atoms with van der Waals surface area (Å²) in [4.78, 5) is 11.9. The molecule has 0 saturated carbocycles. The smallest absolute Gasteiger partial charge is 0.224 e. The molecule has 1 aliphatic heterocycles. The van der Waals surface area contributed by atoms with E-state index < -0.39 is 0 Å². The molecule has 21 heavy (non-hydrogen) atoms. The van der Waals surface area contributed by atoms with Crippen LogP contribution in [0.25, 0.3) is 0 Å². The normalized spacial score (nSPS) is 13.8. The number of anilines is 1. The summed E-state index contributed by atoms with van der Waals surface area (Å²) in [7, 11) is 0. The quantitative estimate of drug-likeness (QED) is 0.709. The Balaban J connectivity index is 1.70. The third-order valence-electron chi connectivity index (χ3n) is 4.13. The topological polar surface area (TPSA) is 41.1 Å². The number of nitrogens with one attached hydrogen (secondary N) is 2. The van der Waals surface area contributed by atoms with E-state index in [0.29, 0.717) is 6.42 Å². The van der Waals surface area contributed by atoms with E-state index in [-0.39, 0.29) is 5.91 Å². The van der Waals surface area contributed by atoms with Gasteiger partial charge in [0.25, 0.3) is 0 Å². The van der Waals surface area contributed by atoms with Gasteiger partial charge in [-0.2, -0.15) is 0 Å². The van der Waals surface area contributed by atoms with Gasteiger partial charge in [-0.15, -0.1) is 0 Å². The van der Waals surface area contributed by atoms with Gasteiger partial charge in [0.1, 0.15) is 0 Å². The van der Waals surface area contributed by atoms with Crippen LogP contribution in [0.2, 0.25) is 0 Å². The van der Waals surface area contributed by atoms with E-state index in [1.807, 2.05) is 6.07 Å². The van der Waals surface area contributed by atoms with Crippen molar-refractivity contribution in [3.05, 3.63) is 29.3 Å². The highest BCUT2D eigenvalue weighted by molar-refractivity contribution is 5.90. The molecule has 3 nitrogen and oxygen atoms in total. The van der Waals surface area contributed by atoms with Crippen molar-refractivity contribution in [2.45, 2.75) is 64.8 Å². The molecule has 1 aliphatic rings. The molecule has 1 aromatic rings. The third-order valence-corrected chi connectivity index (χ3v) is 4.13. The molecule has 2 rings (SSSR count). The van der Waals surface area contributed by atoms with Gasteiger partial charge in [0, 0.05) is 18.7 Å². The lowest BCUT2D eigenvalue weighted by Crippen LogP contribution is -2.23. The molecule has 2 N–H and O–H groups in total. The Morgan fingerprint density at radius 3 is 2.81 bits per heavy atom. The van der Waals surface area contributed by atoms with Gasteiger partial charge in [0.15, 0.2) is 0 Å². The Kier molecular flexibility index (Phi) is 6.74. The van der Waals surface area contributed by atoms with Crippen LogP contribution in [0.3, 0.4) is 0 Å². The molecular weight excluding hydrogens is 260 g/mol. The minimum atomic E-state index is 0.147. The SMILES string of the molecule is CCCCCCCCC(=O)Nc1ccc2c(c1)CNCC2. The molecule has 116 valence electrons. The Bertz CT molecular complexity index is 457. The van der Waals surface area contributed by atoms with Crippen molar-refractivity contribution in [2.24, 2.45) is 0 Å². The predicted molar refractivity (Wildman–Crippen MR) is 88.5 cm³/mol. The van der Waals surface area contributed by atoms with Crippen LogP contribution in [0.5, 0.6) is 0 Å². The molecule has 0 atom stereocenters. The second kappa shape index (κ2) is 8.83. The molecule has 0 aliphatic carbocycles. The first-order chi connectivity index (χ1) is 10.3. The van der Waals surface area contributed by atoms with Crippen molar-refractivity contribution in [3.8, 4) is 0 Å². The Morgan fingerprint density at radius 1 is 1.14 bits per heavy atom. The number of carbonyl (C=O) groups is 1. The Hall–Kier alpha value is -1.35. The number of benzene rings is 1. The minimum absolute atomic E-state index is 0.147. The van der Waals surface area contributed by atoms with Crippen molar-refractivity contribution >= 4 is 11.6 Å². The zero-order valence-corrected chi connectivity index (χ0v) is 13.2. The number of fused-ring (bicyclic) bond motifs is 1. The third kappa shape index (κ3) is 5.50. The van der Waals surface area contributed by atoms with E-state index in [9.17, 15) is 4.79 Å². The lowest BCUT2D eigenvalue weighted by Gasteiger charge is -2.18. The summed E-state index contributed by atoms with van der Waals surface area (Å²) in [6.45, 7) is 4.19. The molecule has 0 saturated heterocycles. The second-order valence-electron chi connectivity index (χ2n) is 5.98. The van der Waals surface area contributed by atoms with Gasteiger partial charge in [-0.3, -0.25) is 4.79 Å². The van der Waals surface area contributed by atoms with Crippen LogP contribution in [0, 0.1) is 0 Å². The predicted octanol–water partition coefficient (Wildman–Crippen LogP) is 4.02. The van der Waals surface area contributed by atoms with Gasteiger partial charge >= 0.3 is 0 Å². The van der Waals surface area contributed by atoms with Crippen molar-refractivity contribution < 1.29 is 4.79 Å². The molecule has 1 heterocycles. The van der Waals surface area contributed by atoms with E-state index in [1.165, 1.54) is 43.2 Å². The Labute approximate surface area is 128 Å². The number of hydrogen-bond acceptors (Lipinski definition) is 2. The van der Waals surface area contributed by atoms with E-state index in [2.05, 4.69) is 29.7 Å². The van der Waals surface area contributed by atoms with Crippen molar-refractivity contribution in [1.29, 1.82) is 0 Å². The molecular formula is C18H28N2O. The fraction of sp³-hybridized carbons (Fsp3) is 0.611. The van der Waals surface area contributed by atoms with Gasteiger partial charge in [0.05, 0.1) is 0 Å². The van der Waals surface area contributed by atoms with Gasteiger partial charge in [0.2, 0.25) is 5.91 Å². The average Bonchev–Trinajstić information content (AvgIpc) is 2.50. The highest BCUT2D eigenvalue weighted by atomic mass is 16.1. The molecule has 0 fully saturated rings. The summed E-state index contributed by atoms with van der Waals surface area (Å²) in [6.07, 6.45) is 9.04. The summed E-state index contributed by atoms with van der Waals surface area (Å²) >= 11 is 0. The maximum absolute atomic E-state index is 11.9. The largest absolute Gasteiger partial charge is 0.326 e. The number of amides is 1. The van der Waals surface area contributed by atoms with E-state index in [0.717, 1.165) is 31.6 Å². The van der Waals surface area contributed by atoms with Crippen LogP contribution in [-0.4, -0.2) is 12.5 Å². The highest BCUT2D eigenvalue weighted by Crippen LogP contribution is 2.19. The van der Waals surface area contributed by atoms with Crippen molar-refractivity contribution in [1.82, 2.24) is 5.32 Å². The van der Waals surface area contributed by atoms with Gasteiger partial charge in [-0.25, -0.2) is 0 Å². The van der Waals surface area contributed by atoms with E-state index >= 15 is 0 Å². The molecule has 0 radical (unpaired) electrons. The van der Waals surface area contributed by atoms with Crippen LogP contribution in [0.4, 0.5) is 5.69 Å². The molecule has 1 amide bonds. The minimum Gasteiger partial charge on any atom is -0.326 e. The first-order valence-electron chi connectivity index (χ1n) is 8.42.